The fourth-order valence-corrected chi connectivity index (χ4v) is 5.72. The van der Waals surface area contributed by atoms with Crippen LogP contribution in [0.15, 0.2) is 17.0 Å². The first kappa shape index (κ1) is 26.6. The number of alkyl halides is 3. The summed E-state index contributed by atoms with van der Waals surface area (Å²) in [6.07, 6.45) is -3.65. The van der Waals surface area contributed by atoms with Gasteiger partial charge in [0.05, 0.1) is 17.3 Å². The van der Waals surface area contributed by atoms with Gasteiger partial charge in [-0.25, -0.2) is 12.8 Å². The van der Waals surface area contributed by atoms with Crippen LogP contribution in [0.4, 0.5) is 23.2 Å². The van der Waals surface area contributed by atoms with Gasteiger partial charge in [-0.2, -0.15) is 17.9 Å². The van der Waals surface area contributed by atoms with E-state index < -0.39 is 52.0 Å². The topological polar surface area (TPSA) is 116 Å². The Hall–Kier alpha value is -2.00. The van der Waals surface area contributed by atoms with Gasteiger partial charge in [-0.15, -0.1) is 0 Å². The number of hydrogen-bond donors (Lipinski definition) is 2. The minimum atomic E-state index is -4.56. The van der Waals surface area contributed by atoms with E-state index in [4.69, 9.17) is 17.3 Å². The Morgan fingerprint density at radius 2 is 1.82 bits per heavy atom. The summed E-state index contributed by atoms with van der Waals surface area (Å²) in [5, 5.41) is -0.381. The van der Waals surface area contributed by atoms with Crippen LogP contribution in [-0.2, 0) is 19.6 Å². The van der Waals surface area contributed by atoms with E-state index in [1.54, 1.807) is 0 Å². The Labute approximate surface area is 198 Å². The number of nitrogens with one attached hydrogen (secondary N) is 1. The summed E-state index contributed by atoms with van der Waals surface area (Å²) in [5.41, 5.74) is 5.50. The zero-order chi connectivity index (χ0) is 25.3. The quantitative estimate of drug-likeness (QED) is 0.507. The smallest absolute Gasteiger partial charge is 0.339 e. The summed E-state index contributed by atoms with van der Waals surface area (Å²) in [5.74, 6) is -2.00. The molecule has 0 aromatic heterocycles. The molecule has 3 N–H and O–H groups in total. The number of carbonyl (C=O) groups is 2. The number of halogens is 5. The first-order chi connectivity index (χ1) is 15.8. The van der Waals surface area contributed by atoms with Crippen LogP contribution in [0, 0.1) is 5.82 Å². The molecule has 2 aliphatic rings. The van der Waals surface area contributed by atoms with E-state index in [2.05, 4.69) is 4.72 Å². The highest BCUT2D eigenvalue weighted by Gasteiger charge is 2.36. The summed E-state index contributed by atoms with van der Waals surface area (Å²) in [7, 11) is -4.56. The van der Waals surface area contributed by atoms with Gasteiger partial charge in [-0.1, -0.05) is 11.6 Å². The van der Waals surface area contributed by atoms with Gasteiger partial charge in [0.15, 0.2) is 0 Å². The molecule has 2 aliphatic heterocycles. The van der Waals surface area contributed by atoms with E-state index in [9.17, 15) is 35.6 Å². The van der Waals surface area contributed by atoms with Crippen molar-refractivity contribution >= 4 is 39.1 Å². The second kappa shape index (κ2) is 10.3. The zero-order valence-corrected chi connectivity index (χ0v) is 19.5. The highest BCUT2D eigenvalue weighted by molar-refractivity contribution is 7.89. The van der Waals surface area contributed by atoms with E-state index in [-0.39, 0.29) is 55.8 Å². The van der Waals surface area contributed by atoms with Crippen LogP contribution >= 0.6 is 11.6 Å². The minimum Gasteiger partial charge on any atom is -0.339 e. The molecule has 1 aromatic rings. The fraction of sp³-hybridized carbons (Fsp3) is 0.579. The molecule has 0 radical (unpaired) electrons. The van der Waals surface area contributed by atoms with Gasteiger partial charge in [0.25, 0.3) is 0 Å². The van der Waals surface area contributed by atoms with E-state index >= 15 is 0 Å². The van der Waals surface area contributed by atoms with Gasteiger partial charge in [0.1, 0.15) is 16.8 Å². The average Bonchev–Trinajstić information content (AvgIpc) is 3.18. The number of benzene rings is 1. The van der Waals surface area contributed by atoms with Crippen molar-refractivity contribution in [2.75, 3.05) is 50.7 Å². The predicted octanol–water partition coefficient (Wildman–Crippen LogP) is 0.918. The maximum absolute atomic E-state index is 14.3. The maximum atomic E-state index is 14.3. The highest BCUT2D eigenvalue weighted by Crippen LogP contribution is 2.35. The number of hydrogen-bond acceptors (Lipinski definition) is 6. The summed E-state index contributed by atoms with van der Waals surface area (Å²) in [4.78, 5) is 27.7. The number of sulfonamides is 1. The Morgan fingerprint density at radius 3 is 2.35 bits per heavy atom. The van der Waals surface area contributed by atoms with Crippen molar-refractivity contribution in [3.05, 3.63) is 23.0 Å². The number of nitrogens with two attached hydrogens (primary N) is 1. The summed E-state index contributed by atoms with van der Waals surface area (Å²) < 4.78 is 80.0. The molecule has 190 valence electrons. The lowest BCUT2D eigenvalue weighted by Gasteiger charge is -2.36. The Bertz CT molecular complexity index is 1050. The Balaban J connectivity index is 1.75. The normalized spacial score (nSPS) is 19.1. The number of rotatable bonds is 7. The van der Waals surface area contributed by atoms with Gasteiger partial charge < -0.3 is 15.5 Å². The molecule has 0 aliphatic carbocycles. The monoisotopic (exact) mass is 529 g/mol. The van der Waals surface area contributed by atoms with Crippen molar-refractivity contribution in [3.8, 4) is 0 Å². The van der Waals surface area contributed by atoms with Crippen molar-refractivity contribution in [3.63, 3.8) is 0 Å². The van der Waals surface area contributed by atoms with Crippen molar-refractivity contribution in [1.29, 1.82) is 0 Å². The summed E-state index contributed by atoms with van der Waals surface area (Å²) >= 11 is 6.23. The second-order valence-electron chi connectivity index (χ2n) is 8.01. The molecule has 2 fully saturated rings. The van der Waals surface area contributed by atoms with Crippen LogP contribution in [-0.4, -0.2) is 88.1 Å². The number of carbonyl (C=O) groups excluding carboxylic acids is 2. The van der Waals surface area contributed by atoms with Gasteiger partial charge in [0, 0.05) is 45.7 Å². The first-order valence-electron chi connectivity index (χ1n) is 10.4. The van der Waals surface area contributed by atoms with E-state index in [0.29, 0.717) is 12.5 Å². The fourth-order valence-electron chi connectivity index (χ4n) is 3.90. The molecule has 1 aromatic carbocycles. The lowest BCUT2D eigenvalue weighted by molar-refractivity contribution is -0.152. The largest absolute Gasteiger partial charge is 0.401 e. The zero-order valence-electron chi connectivity index (χ0n) is 17.9. The standard InChI is InChI=1S/C19H24ClF4N5O4S/c20-17-14(29-3-1-2-16(29)30)8-12(21)9-15(17)34(32,33)26-13(10-25)18(31)28-6-4-27(5-7-28)11-19(22,23)24/h8-9,13,26H,1-7,10-11,25H2/t13-/m0/s1. The minimum absolute atomic E-state index is 0.0434. The molecule has 0 bridgehead atoms. The Kier molecular flexibility index (Phi) is 8.07. The van der Waals surface area contributed by atoms with Gasteiger partial charge in [0.2, 0.25) is 21.8 Å². The van der Waals surface area contributed by atoms with E-state index in [1.807, 2.05) is 0 Å². The number of nitrogens with zero attached hydrogens (tertiary/aromatic N) is 3. The van der Waals surface area contributed by atoms with Crippen LogP contribution in [0.25, 0.3) is 0 Å². The van der Waals surface area contributed by atoms with Gasteiger partial charge >= 0.3 is 6.18 Å². The molecule has 2 saturated heterocycles. The van der Waals surface area contributed by atoms with Crippen molar-refractivity contribution < 1.29 is 35.6 Å². The van der Waals surface area contributed by atoms with E-state index in [1.165, 1.54) is 9.80 Å². The number of anilines is 1. The van der Waals surface area contributed by atoms with Crippen molar-refractivity contribution in [1.82, 2.24) is 14.5 Å². The molecule has 1 atom stereocenters. The Morgan fingerprint density at radius 1 is 1.18 bits per heavy atom. The average molecular weight is 530 g/mol. The van der Waals surface area contributed by atoms with Crippen LogP contribution in [0.3, 0.4) is 0 Å². The van der Waals surface area contributed by atoms with Crippen LogP contribution in [0.2, 0.25) is 5.02 Å². The second-order valence-corrected chi connectivity index (χ2v) is 10.1. The number of piperazine rings is 1. The van der Waals surface area contributed by atoms with Crippen LogP contribution in [0.5, 0.6) is 0 Å². The number of amides is 2. The third-order valence-corrected chi connectivity index (χ3v) is 7.56. The van der Waals surface area contributed by atoms with Crippen LogP contribution in [0.1, 0.15) is 12.8 Å². The summed E-state index contributed by atoms with van der Waals surface area (Å²) in [6.45, 7) is -1.49. The molecule has 15 heteroatoms. The van der Waals surface area contributed by atoms with Crippen molar-refractivity contribution in [2.24, 2.45) is 5.73 Å². The maximum Gasteiger partial charge on any atom is 0.401 e. The molecule has 9 nitrogen and oxygen atoms in total. The van der Waals surface area contributed by atoms with E-state index in [0.717, 1.165) is 11.0 Å². The molecular formula is C19H24ClF4N5O4S. The highest BCUT2D eigenvalue weighted by atomic mass is 35.5. The molecule has 0 spiro atoms. The molecule has 0 unspecified atom stereocenters. The van der Waals surface area contributed by atoms with Gasteiger partial charge in [-0.05, 0) is 18.6 Å². The molecule has 2 heterocycles. The van der Waals surface area contributed by atoms with Gasteiger partial charge in [-0.3, -0.25) is 14.5 Å². The SMILES string of the molecule is NC[C@H](NS(=O)(=O)c1cc(F)cc(N2CCCC2=O)c1Cl)C(=O)N1CCN(CC(F)(F)F)CC1. The molecule has 34 heavy (non-hydrogen) atoms. The lowest BCUT2D eigenvalue weighted by Crippen LogP contribution is -2.57. The third kappa shape index (κ3) is 6.16. The van der Waals surface area contributed by atoms with Crippen molar-refractivity contribution in [2.45, 2.75) is 30.0 Å². The third-order valence-electron chi connectivity index (χ3n) is 5.56. The first-order valence-corrected chi connectivity index (χ1v) is 12.3. The molecule has 2 amide bonds. The predicted molar refractivity (Wildman–Crippen MR) is 115 cm³/mol. The molecule has 0 saturated carbocycles. The molecular weight excluding hydrogens is 506 g/mol. The molecule has 3 rings (SSSR count). The van der Waals surface area contributed by atoms with Crippen LogP contribution < -0.4 is 15.4 Å². The summed E-state index contributed by atoms with van der Waals surface area (Å²) in [6, 6.07) is 0.176. The lowest BCUT2D eigenvalue weighted by atomic mass is 10.2.